The van der Waals surface area contributed by atoms with Crippen molar-refractivity contribution < 1.29 is 13.2 Å². The van der Waals surface area contributed by atoms with Crippen LogP contribution in [0.1, 0.15) is 42.7 Å². The highest BCUT2D eigenvalue weighted by Gasteiger charge is 2.21. The number of hydrogen-bond donors (Lipinski definition) is 0. The van der Waals surface area contributed by atoms with Crippen molar-refractivity contribution in [1.82, 2.24) is 14.7 Å². The summed E-state index contributed by atoms with van der Waals surface area (Å²) in [7, 11) is -3.42. The average Bonchev–Trinajstić information content (AvgIpc) is 3.06. The van der Waals surface area contributed by atoms with Gasteiger partial charge in [0, 0.05) is 25.3 Å². The van der Waals surface area contributed by atoms with Crippen molar-refractivity contribution in [3.8, 4) is 0 Å². The Kier molecular flexibility index (Phi) is 6.00. The molecule has 2 rings (SSSR count). The number of benzene rings is 1. The summed E-state index contributed by atoms with van der Waals surface area (Å²) < 4.78 is 26.6. The summed E-state index contributed by atoms with van der Waals surface area (Å²) in [5.74, 6) is -0.304. The Labute approximate surface area is 149 Å². The Morgan fingerprint density at radius 1 is 1.24 bits per heavy atom. The highest BCUT2D eigenvalue weighted by atomic mass is 32.2. The van der Waals surface area contributed by atoms with E-state index in [2.05, 4.69) is 5.10 Å². The van der Waals surface area contributed by atoms with E-state index in [1.54, 1.807) is 35.1 Å². The quantitative estimate of drug-likeness (QED) is 0.758. The average molecular weight is 363 g/mol. The van der Waals surface area contributed by atoms with Gasteiger partial charge < -0.3 is 4.90 Å². The zero-order valence-electron chi connectivity index (χ0n) is 15.1. The maximum absolute atomic E-state index is 12.6. The summed E-state index contributed by atoms with van der Waals surface area (Å²) in [6.45, 7) is 8.29. The number of nitrogens with zero attached hydrogens (tertiary/aromatic N) is 3. The standard InChI is InChI=1S/C18H25N3O3S/c1-5-20(18(22)16-12-19-21(13-16)14(2)3)10-11-25(23,24)17-8-6-15(4)7-9-17/h6-9,12-14H,5,10-11H2,1-4H3. The third-order valence-corrected chi connectivity index (χ3v) is 5.77. The van der Waals surface area contributed by atoms with Crippen molar-refractivity contribution in [3.63, 3.8) is 0 Å². The van der Waals surface area contributed by atoms with Gasteiger partial charge in [0.05, 0.1) is 22.4 Å². The molecule has 0 aliphatic rings. The number of amides is 1. The molecule has 1 heterocycles. The van der Waals surface area contributed by atoms with Crippen LogP contribution in [0, 0.1) is 6.92 Å². The molecule has 0 aliphatic heterocycles. The molecular weight excluding hydrogens is 338 g/mol. The van der Waals surface area contributed by atoms with Crippen molar-refractivity contribution in [2.45, 2.75) is 38.6 Å². The zero-order valence-corrected chi connectivity index (χ0v) is 16.0. The molecule has 0 N–H and O–H groups in total. The van der Waals surface area contributed by atoms with Crippen LogP contribution in [0.2, 0.25) is 0 Å². The van der Waals surface area contributed by atoms with E-state index in [1.165, 1.54) is 11.1 Å². The Balaban J connectivity index is 2.08. The van der Waals surface area contributed by atoms with Crippen LogP contribution in [0.5, 0.6) is 0 Å². The summed E-state index contributed by atoms with van der Waals surface area (Å²) in [4.78, 5) is 14.4. The van der Waals surface area contributed by atoms with Crippen LogP contribution in [-0.4, -0.2) is 47.8 Å². The van der Waals surface area contributed by atoms with Gasteiger partial charge in [-0.05, 0) is 39.8 Å². The van der Waals surface area contributed by atoms with E-state index in [9.17, 15) is 13.2 Å². The molecule has 2 aromatic rings. The lowest BCUT2D eigenvalue weighted by Gasteiger charge is -2.20. The first-order chi connectivity index (χ1) is 11.7. The van der Waals surface area contributed by atoms with E-state index in [0.29, 0.717) is 12.1 Å². The van der Waals surface area contributed by atoms with Gasteiger partial charge in [-0.1, -0.05) is 17.7 Å². The van der Waals surface area contributed by atoms with E-state index in [4.69, 9.17) is 0 Å². The zero-order chi connectivity index (χ0) is 18.6. The van der Waals surface area contributed by atoms with E-state index in [0.717, 1.165) is 5.56 Å². The number of carbonyl (C=O) groups excluding carboxylic acids is 1. The van der Waals surface area contributed by atoms with Crippen LogP contribution in [0.15, 0.2) is 41.6 Å². The van der Waals surface area contributed by atoms with Crippen LogP contribution in [0.4, 0.5) is 0 Å². The molecule has 1 aromatic heterocycles. The molecule has 7 heteroatoms. The summed E-state index contributed by atoms with van der Waals surface area (Å²) >= 11 is 0. The molecule has 0 saturated heterocycles. The molecular formula is C18H25N3O3S. The number of carbonyl (C=O) groups is 1. The minimum atomic E-state index is -3.42. The topological polar surface area (TPSA) is 72.3 Å². The summed E-state index contributed by atoms with van der Waals surface area (Å²) in [6.07, 6.45) is 3.23. The first kappa shape index (κ1) is 19.2. The van der Waals surface area contributed by atoms with Gasteiger partial charge in [-0.25, -0.2) is 8.42 Å². The van der Waals surface area contributed by atoms with Gasteiger partial charge in [-0.15, -0.1) is 0 Å². The molecule has 1 amide bonds. The second-order valence-corrected chi connectivity index (χ2v) is 8.43. The molecule has 0 fully saturated rings. The Hall–Kier alpha value is -2.15. The van der Waals surface area contributed by atoms with E-state index < -0.39 is 9.84 Å². The number of sulfone groups is 1. The largest absolute Gasteiger partial charge is 0.338 e. The van der Waals surface area contributed by atoms with Gasteiger partial charge in [0.15, 0.2) is 9.84 Å². The summed E-state index contributed by atoms with van der Waals surface area (Å²) in [6, 6.07) is 6.93. The number of aryl methyl sites for hydroxylation is 1. The molecule has 136 valence electrons. The SMILES string of the molecule is CCN(CCS(=O)(=O)c1ccc(C)cc1)C(=O)c1cnn(C(C)C)c1. The van der Waals surface area contributed by atoms with Crippen LogP contribution in [0.3, 0.4) is 0 Å². The van der Waals surface area contributed by atoms with Gasteiger partial charge in [0.1, 0.15) is 0 Å². The lowest BCUT2D eigenvalue weighted by atomic mass is 10.2. The molecule has 6 nitrogen and oxygen atoms in total. The highest BCUT2D eigenvalue weighted by molar-refractivity contribution is 7.91. The molecule has 0 bridgehead atoms. The van der Waals surface area contributed by atoms with Gasteiger partial charge >= 0.3 is 0 Å². The smallest absolute Gasteiger partial charge is 0.257 e. The normalized spacial score (nSPS) is 11.7. The number of rotatable bonds is 7. The van der Waals surface area contributed by atoms with Gasteiger partial charge in [0.2, 0.25) is 0 Å². The molecule has 25 heavy (non-hydrogen) atoms. The van der Waals surface area contributed by atoms with Crippen molar-refractivity contribution >= 4 is 15.7 Å². The van der Waals surface area contributed by atoms with Crippen LogP contribution in [-0.2, 0) is 9.84 Å². The monoisotopic (exact) mass is 363 g/mol. The second kappa shape index (κ2) is 7.82. The fraction of sp³-hybridized carbons (Fsp3) is 0.444. The molecule has 0 atom stereocenters. The molecule has 0 unspecified atom stereocenters. The molecule has 0 aliphatic carbocycles. The predicted molar refractivity (Wildman–Crippen MR) is 97.4 cm³/mol. The molecule has 0 saturated carbocycles. The molecule has 0 radical (unpaired) electrons. The molecule has 0 spiro atoms. The maximum Gasteiger partial charge on any atom is 0.257 e. The third kappa shape index (κ3) is 4.69. The van der Waals surface area contributed by atoms with E-state index >= 15 is 0 Å². The minimum absolute atomic E-state index is 0.103. The van der Waals surface area contributed by atoms with Crippen molar-refractivity contribution in [2.24, 2.45) is 0 Å². The lowest BCUT2D eigenvalue weighted by Crippen LogP contribution is -2.34. The first-order valence-electron chi connectivity index (χ1n) is 8.37. The number of hydrogen-bond acceptors (Lipinski definition) is 4. The Morgan fingerprint density at radius 3 is 2.40 bits per heavy atom. The van der Waals surface area contributed by atoms with Gasteiger partial charge in [-0.3, -0.25) is 9.48 Å². The lowest BCUT2D eigenvalue weighted by molar-refractivity contribution is 0.0774. The Bertz CT molecular complexity index is 824. The highest BCUT2D eigenvalue weighted by Crippen LogP contribution is 2.14. The van der Waals surface area contributed by atoms with E-state index in [-0.39, 0.29) is 29.1 Å². The first-order valence-corrected chi connectivity index (χ1v) is 10.0. The van der Waals surface area contributed by atoms with Crippen molar-refractivity contribution in [1.29, 1.82) is 0 Å². The molecule has 1 aromatic carbocycles. The van der Waals surface area contributed by atoms with Crippen LogP contribution >= 0.6 is 0 Å². The second-order valence-electron chi connectivity index (χ2n) is 6.32. The fourth-order valence-electron chi connectivity index (χ4n) is 2.41. The van der Waals surface area contributed by atoms with Crippen molar-refractivity contribution in [2.75, 3.05) is 18.8 Å². The van der Waals surface area contributed by atoms with Gasteiger partial charge in [-0.2, -0.15) is 5.10 Å². The maximum atomic E-state index is 12.6. The van der Waals surface area contributed by atoms with Crippen molar-refractivity contribution in [3.05, 3.63) is 47.8 Å². The number of aromatic nitrogens is 2. The summed E-state index contributed by atoms with van der Waals surface area (Å²) in [5.41, 5.74) is 1.48. The third-order valence-electron chi connectivity index (χ3n) is 4.06. The fourth-order valence-corrected chi connectivity index (χ4v) is 3.66. The van der Waals surface area contributed by atoms with E-state index in [1.807, 2.05) is 27.7 Å². The van der Waals surface area contributed by atoms with Crippen LogP contribution < -0.4 is 0 Å². The van der Waals surface area contributed by atoms with Crippen LogP contribution in [0.25, 0.3) is 0 Å². The summed E-state index contributed by atoms with van der Waals surface area (Å²) in [5, 5.41) is 4.17. The Morgan fingerprint density at radius 2 is 1.88 bits per heavy atom. The van der Waals surface area contributed by atoms with Gasteiger partial charge in [0.25, 0.3) is 5.91 Å². The predicted octanol–water partition coefficient (Wildman–Crippen LogP) is 2.71. The minimum Gasteiger partial charge on any atom is -0.338 e.